The number of nitrogens with one attached hydrogen (secondary N) is 1. The van der Waals surface area contributed by atoms with Gasteiger partial charge in [-0.2, -0.15) is 0 Å². The van der Waals surface area contributed by atoms with Crippen LogP contribution in [0.15, 0.2) is 68.6 Å². The number of nitrogens with zero attached hydrogens (tertiary/aromatic N) is 4. The van der Waals surface area contributed by atoms with Gasteiger partial charge in [0.2, 0.25) is 5.13 Å². The van der Waals surface area contributed by atoms with Gasteiger partial charge in [-0.1, -0.05) is 35.6 Å². The summed E-state index contributed by atoms with van der Waals surface area (Å²) in [7, 11) is 0. The molecule has 0 unspecified atom stereocenters. The van der Waals surface area contributed by atoms with Crippen LogP contribution in [0.25, 0.3) is 22.1 Å². The van der Waals surface area contributed by atoms with E-state index < -0.39 is 0 Å². The highest BCUT2D eigenvalue weighted by Gasteiger charge is 2.16. The van der Waals surface area contributed by atoms with Gasteiger partial charge in [0.05, 0.1) is 0 Å². The van der Waals surface area contributed by atoms with Gasteiger partial charge in [0.1, 0.15) is 28.3 Å². The second-order valence-electron chi connectivity index (χ2n) is 5.91. The maximum absolute atomic E-state index is 13.0. The fourth-order valence-electron chi connectivity index (χ4n) is 2.76. The van der Waals surface area contributed by atoms with Crippen LogP contribution >= 0.6 is 23.1 Å². The Morgan fingerprint density at radius 1 is 1.04 bits per heavy atom. The molecule has 0 amide bonds. The van der Waals surface area contributed by atoms with Gasteiger partial charge in [-0.3, -0.25) is 0 Å². The first-order chi connectivity index (χ1) is 13.8. The summed E-state index contributed by atoms with van der Waals surface area (Å²) in [6.45, 7) is 0.543. The molecule has 3 aromatic heterocycles. The van der Waals surface area contributed by atoms with Gasteiger partial charge in [0.25, 0.3) is 0 Å². The second-order valence-corrected chi connectivity index (χ2v) is 8.12. The van der Waals surface area contributed by atoms with Crippen molar-refractivity contribution in [2.45, 2.75) is 15.9 Å². The van der Waals surface area contributed by atoms with E-state index in [2.05, 4.69) is 25.5 Å². The predicted molar refractivity (Wildman–Crippen MR) is 107 cm³/mol. The Hall–Kier alpha value is -3.04. The average Bonchev–Trinajstić information content (AvgIpc) is 3.32. The lowest BCUT2D eigenvalue weighted by molar-refractivity contribution is 0.627. The molecule has 0 atom stereocenters. The molecule has 1 N–H and O–H groups in total. The Morgan fingerprint density at radius 2 is 1.89 bits per heavy atom. The first-order valence-corrected chi connectivity index (χ1v) is 10.0. The summed E-state index contributed by atoms with van der Waals surface area (Å²) in [4.78, 5) is 8.71. The second kappa shape index (κ2) is 7.17. The number of anilines is 1. The summed E-state index contributed by atoms with van der Waals surface area (Å²) in [6.07, 6.45) is 1.53. The monoisotopic (exact) mass is 409 g/mol. The van der Waals surface area contributed by atoms with E-state index in [1.807, 2.05) is 24.3 Å². The topological polar surface area (TPSA) is 76.7 Å². The molecule has 138 valence electrons. The highest BCUT2D eigenvalue weighted by Crippen LogP contribution is 2.37. The molecule has 0 saturated heterocycles. The van der Waals surface area contributed by atoms with Crippen LogP contribution in [0.2, 0.25) is 0 Å². The molecule has 0 fully saturated rings. The van der Waals surface area contributed by atoms with E-state index in [9.17, 15) is 4.39 Å². The molecular weight excluding hydrogens is 397 g/mol. The first kappa shape index (κ1) is 17.1. The van der Waals surface area contributed by atoms with Gasteiger partial charge in [0, 0.05) is 11.9 Å². The van der Waals surface area contributed by atoms with Crippen molar-refractivity contribution >= 4 is 50.3 Å². The highest BCUT2D eigenvalue weighted by atomic mass is 32.2. The summed E-state index contributed by atoms with van der Waals surface area (Å²) < 4.78 is 19.7. The average molecular weight is 409 g/mol. The summed E-state index contributed by atoms with van der Waals surface area (Å²) in [5, 5.41) is 13.9. The van der Waals surface area contributed by atoms with E-state index in [-0.39, 0.29) is 5.82 Å². The molecule has 5 rings (SSSR count). The largest absolute Gasteiger partial charge is 0.451 e. The third kappa shape index (κ3) is 3.30. The molecule has 5 aromatic rings. The molecule has 0 saturated carbocycles. The fourth-order valence-corrected chi connectivity index (χ4v) is 4.45. The smallest absolute Gasteiger partial charge is 0.206 e. The first-order valence-electron chi connectivity index (χ1n) is 8.38. The van der Waals surface area contributed by atoms with E-state index in [4.69, 9.17) is 4.42 Å². The number of hydrogen-bond donors (Lipinski definition) is 1. The molecule has 28 heavy (non-hydrogen) atoms. The quantitative estimate of drug-likeness (QED) is 0.403. The van der Waals surface area contributed by atoms with Crippen LogP contribution in [0, 0.1) is 5.82 Å². The SMILES string of the molecule is Fc1ccc(CNc2nnc(Sc3ncnc4c3oc3ccccc34)s2)cc1. The zero-order valence-corrected chi connectivity index (χ0v) is 15.9. The molecule has 0 radical (unpaired) electrons. The van der Waals surface area contributed by atoms with Crippen LogP contribution in [0.4, 0.5) is 9.52 Å². The number of para-hydroxylation sites is 1. The van der Waals surface area contributed by atoms with Crippen LogP contribution in [-0.2, 0) is 6.54 Å². The third-order valence-corrected chi connectivity index (χ3v) is 5.99. The van der Waals surface area contributed by atoms with E-state index in [1.54, 1.807) is 12.1 Å². The highest BCUT2D eigenvalue weighted by molar-refractivity contribution is 8.01. The van der Waals surface area contributed by atoms with E-state index in [1.165, 1.54) is 41.6 Å². The zero-order valence-electron chi connectivity index (χ0n) is 14.3. The standard InChI is InChI=1S/C19H12FN5OS2/c20-12-7-5-11(6-8-12)9-21-18-24-25-19(28-18)27-17-16-15(22-10-23-17)13-3-1-2-4-14(13)26-16/h1-8,10H,9H2,(H,21,24). The van der Waals surface area contributed by atoms with Gasteiger partial charge in [-0.05, 0) is 41.6 Å². The maximum atomic E-state index is 13.0. The summed E-state index contributed by atoms with van der Waals surface area (Å²) in [5.41, 5.74) is 3.17. The van der Waals surface area contributed by atoms with E-state index in [0.717, 1.165) is 26.4 Å². The maximum Gasteiger partial charge on any atom is 0.206 e. The van der Waals surface area contributed by atoms with Crippen molar-refractivity contribution in [1.29, 1.82) is 0 Å². The Balaban J connectivity index is 1.36. The molecule has 0 bridgehead atoms. The molecule has 0 aliphatic carbocycles. The summed E-state index contributed by atoms with van der Waals surface area (Å²) in [5.74, 6) is -0.250. The molecule has 2 aromatic carbocycles. The zero-order chi connectivity index (χ0) is 18.9. The number of rotatable bonds is 5. The van der Waals surface area contributed by atoms with E-state index >= 15 is 0 Å². The Morgan fingerprint density at radius 3 is 2.79 bits per heavy atom. The predicted octanol–water partition coefficient (Wildman–Crippen LogP) is 5.13. The number of aromatic nitrogens is 4. The lowest BCUT2D eigenvalue weighted by Crippen LogP contribution is -1.98. The van der Waals surface area contributed by atoms with Gasteiger partial charge in [-0.15, -0.1) is 10.2 Å². The number of halogens is 1. The Labute approximate surface area is 166 Å². The van der Waals surface area contributed by atoms with Crippen LogP contribution in [0.1, 0.15) is 5.56 Å². The van der Waals surface area contributed by atoms with Gasteiger partial charge in [0.15, 0.2) is 9.92 Å². The van der Waals surface area contributed by atoms with Crippen molar-refractivity contribution in [3.63, 3.8) is 0 Å². The van der Waals surface area contributed by atoms with Crippen LogP contribution in [0.3, 0.4) is 0 Å². The minimum absolute atomic E-state index is 0.250. The van der Waals surface area contributed by atoms with Crippen LogP contribution in [-0.4, -0.2) is 20.2 Å². The van der Waals surface area contributed by atoms with Crippen LogP contribution < -0.4 is 5.32 Å². The molecule has 3 heterocycles. The van der Waals surface area contributed by atoms with Crippen molar-refractivity contribution in [2.24, 2.45) is 0 Å². The molecular formula is C19H12FN5OS2. The fraction of sp³-hybridized carbons (Fsp3) is 0.0526. The number of hydrogen-bond acceptors (Lipinski definition) is 8. The van der Waals surface area contributed by atoms with E-state index in [0.29, 0.717) is 22.3 Å². The molecule has 9 heteroatoms. The Bertz CT molecular complexity index is 1270. The number of benzene rings is 2. The van der Waals surface area contributed by atoms with Crippen molar-refractivity contribution in [3.05, 3.63) is 66.2 Å². The summed E-state index contributed by atoms with van der Waals surface area (Å²) >= 11 is 2.81. The molecule has 0 aliphatic heterocycles. The summed E-state index contributed by atoms with van der Waals surface area (Å²) in [6, 6.07) is 14.1. The molecule has 6 nitrogen and oxygen atoms in total. The van der Waals surface area contributed by atoms with Gasteiger partial charge >= 0.3 is 0 Å². The number of furan rings is 1. The van der Waals surface area contributed by atoms with Crippen molar-refractivity contribution < 1.29 is 8.81 Å². The molecule has 0 spiro atoms. The van der Waals surface area contributed by atoms with Crippen molar-refractivity contribution in [1.82, 2.24) is 20.2 Å². The Kier molecular flexibility index (Phi) is 4.38. The lowest BCUT2D eigenvalue weighted by Gasteiger charge is -2.01. The molecule has 0 aliphatic rings. The van der Waals surface area contributed by atoms with Crippen molar-refractivity contribution in [2.75, 3.05) is 5.32 Å². The normalized spacial score (nSPS) is 11.3. The van der Waals surface area contributed by atoms with Gasteiger partial charge in [-0.25, -0.2) is 14.4 Å². The van der Waals surface area contributed by atoms with Crippen LogP contribution in [0.5, 0.6) is 0 Å². The van der Waals surface area contributed by atoms with Gasteiger partial charge < -0.3 is 9.73 Å². The minimum atomic E-state index is -0.250. The van der Waals surface area contributed by atoms with Crippen molar-refractivity contribution in [3.8, 4) is 0 Å². The minimum Gasteiger partial charge on any atom is -0.451 e. The number of fused-ring (bicyclic) bond motifs is 3. The third-order valence-electron chi connectivity index (χ3n) is 4.07. The lowest BCUT2D eigenvalue weighted by atomic mass is 10.2.